The molecule has 5 nitrogen and oxygen atoms in total. The van der Waals surface area contributed by atoms with Crippen molar-refractivity contribution in [2.45, 2.75) is 32.0 Å². The predicted octanol–water partition coefficient (Wildman–Crippen LogP) is 3.59. The van der Waals surface area contributed by atoms with Gasteiger partial charge in [-0.2, -0.15) is 5.26 Å². The van der Waals surface area contributed by atoms with Crippen LogP contribution < -0.4 is 0 Å². The number of halogens is 2. The molecule has 148 valence electrons. The van der Waals surface area contributed by atoms with Crippen LogP contribution in [0, 0.1) is 18.3 Å². The van der Waals surface area contributed by atoms with Gasteiger partial charge in [-0.3, -0.25) is 4.98 Å². The molecular formula is C21H24Cl2N4O. The van der Waals surface area contributed by atoms with Gasteiger partial charge >= 0.3 is 0 Å². The maximum Gasteiger partial charge on any atom is 0.194 e. The van der Waals surface area contributed by atoms with E-state index < -0.39 is 5.60 Å². The first-order chi connectivity index (χ1) is 12.5. The van der Waals surface area contributed by atoms with Crippen molar-refractivity contribution in [1.29, 1.82) is 5.26 Å². The van der Waals surface area contributed by atoms with Crippen molar-refractivity contribution in [3.8, 4) is 6.07 Å². The van der Waals surface area contributed by atoms with E-state index in [1.165, 1.54) is 22.2 Å². The molecule has 0 bridgehead atoms. The van der Waals surface area contributed by atoms with E-state index in [9.17, 15) is 10.4 Å². The van der Waals surface area contributed by atoms with Crippen LogP contribution in [0.25, 0.3) is 10.9 Å². The van der Waals surface area contributed by atoms with Crippen LogP contribution in [-0.2, 0) is 25.1 Å². The highest BCUT2D eigenvalue weighted by atomic mass is 35.5. The predicted molar refractivity (Wildman–Crippen MR) is 115 cm³/mol. The number of aliphatic hydroxyl groups is 1. The van der Waals surface area contributed by atoms with Gasteiger partial charge in [-0.15, -0.1) is 24.8 Å². The van der Waals surface area contributed by atoms with Gasteiger partial charge in [0.05, 0.1) is 6.54 Å². The molecule has 0 aliphatic carbocycles. The number of benzene rings is 1. The Bertz CT molecular complexity index is 1010. The van der Waals surface area contributed by atoms with Crippen molar-refractivity contribution in [3.05, 3.63) is 65.1 Å². The number of pyridine rings is 1. The summed E-state index contributed by atoms with van der Waals surface area (Å²) >= 11 is 0. The number of nitriles is 1. The minimum Gasteiger partial charge on any atom is -0.370 e. The number of aromatic nitrogens is 2. The fourth-order valence-corrected chi connectivity index (χ4v) is 3.93. The van der Waals surface area contributed by atoms with Crippen LogP contribution >= 0.6 is 24.8 Å². The Balaban J connectivity index is 0.00000140. The third-order valence-electron chi connectivity index (χ3n) is 5.33. The smallest absolute Gasteiger partial charge is 0.194 e. The molecule has 28 heavy (non-hydrogen) atoms. The molecule has 0 saturated heterocycles. The summed E-state index contributed by atoms with van der Waals surface area (Å²) in [6.07, 6.45) is 4.13. The lowest BCUT2D eigenvalue weighted by molar-refractivity contribution is 0.0778. The summed E-state index contributed by atoms with van der Waals surface area (Å²) in [6, 6.07) is 11.9. The second kappa shape index (κ2) is 8.50. The van der Waals surface area contributed by atoms with Gasteiger partial charge in [-0.1, -0.05) is 11.6 Å². The van der Waals surface area contributed by atoms with E-state index >= 15 is 0 Å². The van der Waals surface area contributed by atoms with Crippen LogP contribution in [0.5, 0.6) is 0 Å². The SMILES string of the molecule is Cc1ccc2c(c1)c1c(n2CC(O)(C#N)c2ccncc2)CCN(C)C1.Cl.Cl. The first-order valence-corrected chi connectivity index (χ1v) is 8.85. The van der Waals surface area contributed by atoms with Gasteiger partial charge in [0.15, 0.2) is 5.60 Å². The summed E-state index contributed by atoms with van der Waals surface area (Å²) in [6.45, 7) is 4.18. The number of hydrogen-bond donors (Lipinski definition) is 1. The molecule has 3 heterocycles. The lowest BCUT2D eigenvalue weighted by atomic mass is 9.96. The van der Waals surface area contributed by atoms with Crippen molar-refractivity contribution >= 4 is 35.7 Å². The van der Waals surface area contributed by atoms with E-state index in [1.807, 2.05) is 0 Å². The van der Waals surface area contributed by atoms with Gasteiger partial charge in [-0.25, -0.2) is 0 Å². The Morgan fingerprint density at radius 3 is 2.61 bits per heavy atom. The Morgan fingerprint density at radius 2 is 1.93 bits per heavy atom. The van der Waals surface area contributed by atoms with Crippen molar-refractivity contribution < 1.29 is 5.11 Å². The fourth-order valence-electron chi connectivity index (χ4n) is 3.93. The highest BCUT2D eigenvalue weighted by Crippen LogP contribution is 2.34. The van der Waals surface area contributed by atoms with Gasteiger partial charge in [-0.05, 0) is 43.8 Å². The van der Waals surface area contributed by atoms with E-state index in [0.717, 1.165) is 25.0 Å². The zero-order valence-corrected chi connectivity index (χ0v) is 17.6. The van der Waals surface area contributed by atoms with Crippen LogP contribution in [0.2, 0.25) is 0 Å². The molecule has 1 aliphatic heterocycles. The average molecular weight is 419 g/mol. The molecular weight excluding hydrogens is 395 g/mol. The highest BCUT2D eigenvalue weighted by Gasteiger charge is 2.33. The third kappa shape index (κ3) is 3.74. The third-order valence-corrected chi connectivity index (χ3v) is 5.33. The molecule has 1 unspecified atom stereocenters. The molecule has 0 spiro atoms. The number of likely N-dealkylation sites (N-methyl/N-ethyl adjacent to an activating group) is 1. The Hall–Kier alpha value is -2.10. The van der Waals surface area contributed by atoms with Crippen LogP contribution in [0.4, 0.5) is 0 Å². The standard InChI is InChI=1S/C21H22N4O.2ClH/c1-15-3-4-19-17(11-15)18-12-24(2)10-7-20(18)25(19)14-21(26,13-22)16-5-8-23-9-6-16;;/h3-6,8-9,11,26H,7,10,12,14H2,1-2H3;2*1H. The summed E-state index contributed by atoms with van der Waals surface area (Å²) in [5.41, 5.74) is 3.83. The minimum absolute atomic E-state index is 0. The molecule has 1 N–H and O–H groups in total. The molecule has 0 saturated carbocycles. The lowest BCUT2D eigenvalue weighted by Crippen LogP contribution is -2.32. The van der Waals surface area contributed by atoms with E-state index in [0.29, 0.717) is 5.56 Å². The monoisotopic (exact) mass is 418 g/mol. The second-order valence-corrected chi connectivity index (χ2v) is 7.23. The quantitative estimate of drug-likeness (QED) is 0.659. The summed E-state index contributed by atoms with van der Waals surface area (Å²) in [5.74, 6) is 0. The van der Waals surface area contributed by atoms with Crippen LogP contribution in [0.1, 0.15) is 22.4 Å². The lowest BCUT2D eigenvalue weighted by Gasteiger charge is -2.27. The molecule has 0 fully saturated rings. The Morgan fingerprint density at radius 1 is 1.21 bits per heavy atom. The summed E-state index contributed by atoms with van der Waals surface area (Å²) in [7, 11) is 2.13. The average Bonchev–Trinajstić information content (AvgIpc) is 2.94. The molecule has 3 aromatic rings. The zero-order chi connectivity index (χ0) is 18.3. The van der Waals surface area contributed by atoms with E-state index in [4.69, 9.17) is 0 Å². The molecule has 7 heteroatoms. The summed E-state index contributed by atoms with van der Waals surface area (Å²) < 4.78 is 2.14. The van der Waals surface area contributed by atoms with Crippen molar-refractivity contribution in [2.75, 3.05) is 13.6 Å². The molecule has 0 radical (unpaired) electrons. The molecule has 1 aromatic carbocycles. The Labute approximate surface area is 177 Å². The zero-order valence-electron chi connectivity index (χ0n) is 15.9. The van der Waals surface area contributed by atoms with Crippen molar-refractivity contribution in [3.63, 3.8) is 0 Å². The van der Waals surface area contributed by atoms with Crippen LogP contribution in [-0.4, -0.2) is 33.1 Å². The van der Waals surface area contributed by atoms with E-state index in [1.54, 1.807) is 24.5 Å². The van der Waals surface area contributed by atoms with Gasteiger partial charge in [0.25, 0.3) is 0 Å². The molecule has 0 amide bonds. The van der Waals surface area contributed by atoms with Gasteiger partial charge in [0.2, 0.25) is 0 Å². The van der Waals surface area contributed by atoms with Crippen molar-refractivity contribution in [1.82, 2.24) is 14.5 Å². The highest BCUT2D eigenvalue weighted by molar-refractivity contribution is 5.86. The van der Waals surface area contributed by atoms with Gasteiger partial charge in [0, 0.05) is 54.1 Å². The van der Waals surface area contributed by atoms with Gasteiger partial charge < -0.3 is 14.6 Å². The van der Waals surface area contributed by atoms with Crippen LogP contribution in [0.3, 0.4) is 0 Å². The fraction of sp³-hybridized carbons (Fsp3) is 0.333. The first-order valence-electron chi connectivity index (χ1n) is 8.85. The molecule has 2 aromatic heterocycles. The number of hydrogen-bond acceptors (Lipinski definition) is 4. The maximum atomic E-state index is 11.1. The number of nitrogens with zero attached hydrogens (tertiary/aromatic N) is 4. The second-order valence-electron chi connectivity index (χ2n) is 7.23. The van der Waals surface area contributed by atoms with E-state index in [-0.39, 0.29) is 31.4 Å². The molecule has 4 rings (SSSR count). The topological polar surface area (TPSA) is 65.1 Å². The number of fused-ring (bicyclic) bond motifs is 3. The maximum absolute atomic E-state index is 11.1. The summed E-state index contributed by atoms with van der Waals surface area (Å²) in [4.78, 5) is 6.31. The number of aryl methyl sites for hydroxylation is 1. The normalized spacial score (nSPS) is 15.6. The van der Waals surface area contributed by atoms with Gasteiger partial charge in [0.1, 0.15) is 6.07 Å². The first kappa shape index (κ1) is 22.2. The van der Waals surface area contributed by atoms with E-state index in [2.05, 4.69) is 52.7 Å². The molecule has 1 aliphatic rings. The van der Waals surface area contributed by atoms with Crippen LogP contribution in [0.15, 0.2) is 42.7 Å². The minimum atomic E-state index is -1.59. The molecule has 1 atom stereocenters. The number of rotatable bonds is 3. The van der Waals surface area contributed by atoms with Crippen molar-refractivity contribution in [2.24, 2.45) is 0 Å². The summed E-state index contributed by atoms with van der Waals surface area (Å²) in [5, 5.41) is 22.1. The largest absolute Gasteiger partial charge is 0.370 e. The Kier molecular flexibility index (Phi) is 6.74.